The number of ether oxygens (including phenoxy) is 1. The van der Waals surface area contributed by atoms with Gasteiger partial charge < -0.3 is 15.4 Å². The second-order valence-electron chi connectivity index (χ2n) is 5.46. The molecule has 1 aliphatic rings. The maximum atomic E-state index is 14.0. The van der Waals surface area contributed by atoms with E-state index in [0.29, 0.717) is 13.0 Å². The minimum atomic E-state index is -0.160. The third kappa shape index (κ3) is 3.07. The van der Waals surface area contributed by atoms with Crippen LogP contribution in [0.4, 0.5) is 10.1 Å². The molecule has 19 heavy (non-hydrogen) atoms. The van der Waals surface area contributed by atoms with Gasteiger partial charge in [0.2, 0.25) is 0 Å². The zero-order valence-electron chi connectivity index (χ0n) is 11.8. The summed E-state index contributed by atoms with van der Waals surface area (Å²) in [7, 11) is 1.75. The van der Waals surface area contributed by atoms with E-state index in [1.807, 2.05) is 6.07 Å². The van der Waals surface area contributed by atoms with Gasteiger partial charge in [-0.15, -0.1) is 0 Å². The lowest BCUT2D eigenvalue weighted by molar-refractivity contribution is -0.00469. The minimum Gasteiger partial charge on any atom is -0.377 e. The van der Waals surface area contributed by atoms with Crippen LogP contribution in [0.15, 0.2) is 18.2 Å². The topological polar surface area (TPSA) is 38.5 Å². The largest absolute Gasteiger partial charge is 0.377 e. The van der Waals surface area contributed by atoms with Gasteiger partial charge in [-0.05, 0) is 44.9 Å². The van der Waals surface area contributed by atoms with Gasteiger partial charge in [0, 0.05) is 31.5 Å². The summed E-state index contributed by atoms with van der Waals surface area (Å²) in [6.07, 6.45) is 2.67. The fourth-order valence-corrected chi connectivity index (χ4v) is 2.81. The molecule has 1 aromatic carbocycles. The van der Waals surface area contributed by atoms with E-state index in [-0.39, 0.29) is 11.4 Å². The third-order valence-electron chi connectivity index (χ3n) is 3.98. The maximum Gasteiger partial charge on any atom is 0.128 e. The molecular formula is C15H23FN2O. The van der Waals surface area contributed by atoms with E-state index in [1.165, 1.54) is 6.07 Å². The Morgan fingerprint density at radius 1 is 1.47 bits per heavy atom. The average molecular weight is 266 g/mol. The molecule has 0 aromatic heterocycles. The Hall–Kier alpha value is -1.13. The molecule has 3 nitrogen and oxygen atoms in total. The molecule has 2 rings (SSSR count). The third-order valence-corrected chi connectivity index (χ3v) is 3.98. The first-order valence-electron chi connectivity index (χ1n) is 6.87. The summed E-state index contributed by atoms with van der Waals surface area (Å²) in [6.45, 7) is 4.31. The van der Waals surface area contributed by atoms with Crippen LogP contribution in [-0.2, 0) is 11.2 Å². The molecule has 0 saturated carbocycles. The Bertz CT molecular complexity index is 438. The molecule has 106 valence electrons. The summed E-state index contributed by atoms with van der Waals surface area (Å²) in [6, 6.07) is 5.26. The van der Waals surface area contributed by atoms with Crippen molar-refractivity contribution < 1.29 is 9.13 Å². The van der Waals surface area contributed by atoms with Gasteiger partial charge in [0.1, 0.15) is 5.82 Å². The number of methoxy groups -OCH3 is 1. The van der Waals surface area contributed by atoms with Crippen LogP contribution in [0.2, 0.25) is 0 Å². The molecule has 1 saturated heterocycles. The van der Waals surface area contributed by atoms with Crippen molar-refractivity contribution in [2.24, 2.45) is 5.73 Å². The van der Waals surface area contributed by atoms with Gasteiger partial charge in [-0.25, -0.2) is 4.39 Å². The molecule has 2 N–H and O–H groups in total. The van der Waals surface area contributed by atoms with Crippen molar-refractivity contribution >= 4 is 5.69 Å². The predicted molar refractivity (Wildman–Crippen MR) is 76.0 cm³/mol. The number of hydrogen-bond acceptors (Lipinski definition) is 3. The van der Waals surface area contributed by atoms with Crippen molar-refractivity contribution in [1.29, 1.82) is 0 Å². The van der Waals surface area contributed by atoms with Gasteiger partial charge >= 0.3 is 0 Å². The first kappa shape index (κ1) is 14.3. The van der Waals surface area contributed by atoms with E-state index in [2.05, 4.69) is 11.8 Å². The SMILES string of the molecule is COC1(C)CCCN(c2cccc(F)c2CCN)C1. The summed E-state index contributed by atoms with van der Waals surface area (Å²) >= 11 is 0. The van der Waals surface area contributed by atoms with Crippen LogP contribution in [0.1, 0.15) is 25.3 Å². The van der Waals surface area contributed by atoms with Crippen LogP contribution in [0, 0.1) is 5.82 Å². The second kappa shape index (κ2) is 5.88. The van der Waals surface area contributed by atoms with Crippen LogP contribution < -0.4 is 10.6 Å². The fourth-order valence-electron chi connectivity index (χ4n) is 2.81. The van der Waals surface area contributed by atoms with Gasteiger partial charge in [0.15, 0.2) is 0 Å². The molecule has 0 radical (unpaired) electrons. The molecule has 0 spiro atoms. The van der Waals surface area contributed by atoms with E-state index in [1.54, 1.807) is 13.2 Å². The molecule has 1 atom stereocenters. The van der Waals surface area contributed by atoms with E-state index in [0.717, 1.165) is 37.2 Å². The Kier molecular flexibility index (Phi) is 4.42. The molecular weight excluding hydrogens is 243 g/mol. The summed E-state index contributed by atoms with van der Waals surface area (Å²) in [5.74, 6) is -0.160. The van der Waals surface area contributed by atoms with Crippen LogP contribution in [0.25, 0.3) is 0 Å². The Morgan fingerprint density at radius 3 is 2.95 bits per heavy atom. The number of piperidine rings is 1. The number of benzene rings is 1. The highest BCUT2D eigenvalue weighted by Gasteiger charge is 2.31. The number of anilines is 1. The molecule has 0 aliphatic carbocycles. The predicted octanol–water partition coefficient (Wildman–Crippen LogP) is 2.33. The summed E-state index contributed by atoms with van der Waals surface area (Å²) in [5.41, 5.74) is 7.14. The lowest BCUT2D eigenvalue weighted by atomic mass is 9.93. The van der Waals surface area contributed by atoms with E-state index in [4.69, 9.17) is 10.5 Å². The van der Waals surface area contributed by atoms with Crippen molar-refractivity contribution in [3.8, 4) is 0 Å². The Balaban J connectivity index is 2.28. The number of nitrogens with zero attached hydrogens (tertiary/aromatic N) is 1. The molecule has 0 bridgehead atoms. The molecule has 1 unspecified atom stereocenters. The minimum absolute atomic E-state index is 0.148. The average Bonchev–Trinajstić information content (AvgIpc) is 2.41. The molecule has 1 heterocycles. The fraction of sp³-hybridized carbons (Fsp3) is 0.600. The summed E-state index contributed by atoms with van der Waals surface area (Å²) in [5, 5.41) is 0. The monoisotopic (exact) mass is 266 g/mol. The number of rotatable bonds is 4. The van der Waals surface area contributed by atoms with Crippen molar-refractivity contribution in [3.05, 3.63) is 29.6 Å². The standard InChI is InChI=1S/C15H23FN2O/c1-15(19-2)8-4-10-18(11-15)14-6-3-5-13(16)12(14)7-9-17/h3,5-6H,4,7-11,17H2,1-2H3. The number of hydrogen-bond donors (Lipinski definition) is 1. The van der Waals surface area contributed by atoms with Gasteiger partial charge in [0.05, 0.1) is 5.60 Å². The van der Waals surface area contributed by atoms with Crippen molar-refractivity contribution in [2.45, 2.75) is 31.8 Å². The lowest BCUT2D eigenvalue weighted by Gasteiger charge is -2.41. The summed E-state index contributed by atoms with van der Waals surface area (Å²) < 4.78 is 19.6. The normalized spacial score (nSPS) is 23.7. The molecule has 1 aromatic rings. The zero-order valence-corrected chi connectivity index (χ0v) is 11.8. The maximum absolute atomic E-state index is 14.0. The Labute approximate surface area is 114 Å². The van der Waals surface area contributed by atoms with Crippen LogP contribution >= 0.6 is 0 Å². The molecule has 0 amide bonds. The van der Waals surface area contributed by atoms with Crippen molar-refractivity contribution in [3.63, 3.8) is 0 Å². The summed E-state index contributed by atoms with van der Waals surface area (Å²) in [4.78, 5) is 2.22. The zero-order chi connectivity index (χ0) is 13.9. The van der Waals surface area contributed by atoms with Crippen molar-refractivity contribution in [1.82, 2.24) is 0 Å². The highest BCUT2D eigenvalue weighted by molar-refractivity contribution is 5.55. The number of halogens is 1. The van der Waals surface area contributed by atoms with Crippen LogP contribution in [0.5, 0.6) is 0 Å². The van der Waals surface area contributed by atoms with E-state index >= 15 is 0 Å². The highest BCUT2D eigenvalue weighted by Crippen LogP contribution is 2.31. The number of nitrogens with two attached hydrogens (primary N) is 1. The molecule has 1 fully saturated rings. The van der Waals surface area contributed by atoms with E-state index in [9.17, 15) is 4.39 Å². The quantitative estimate of drug-likeness (QED) is 0.909. The van der Waals surface area contributed by atoms with Gasteiger partial charge in [-0.3, -0.25) is 0 Å². The molecule has 1 aliphatic heterocycles. The second-order valence-corrected chi connectivity index (χ2v) is 5.46. The highest BCUT2D eigenvalue weighted by atomic mass is 19.1. The van der Waals surface area contributed by atoms with Crippen molar-refractivity contribution in [2.75, 3.05) is 31.6 Å². The van der Waals surface area contributed by atoms with Gasteiger partial charge in [-0.2, -0.15) is 0 Å². The Morgan fingerprint density at radius 2 is 2.26 bits per heavy atom. The first-order chi connectivity index (χ1) is 9.09. The first-order valence-corrected chi connectivity index (χ1v) is 6.87. The van der Waals surface area contributed by atoms with Gasteiger partial charge in [-0.1, -0.05) is 6.07 Å². The van der Waals surface area contributed by atoms with E-state index < -0.39 is 0 Å². The smallest absolute Gasteiger partial charge is 0.128 e. The lowest BCUT2D eigenvalue weighted by Crippen LogP contribution is -2.47. The van der Waals surface area contributed by atoms with Crippen LogP contribution in [0.3, 0.4) is 0 Å². The molecule has 4 heteroatoms. The van der Waals surface area contributed by atoms with Gasteiger partial charge in [0.25, 0.3) is 0 Å². The van der Waals surface area contributed by atoms with Crippen LogP contribution in [-0.4, -0.2) is 32.3 Å².